The van der Waals surface area contributed by atoms with Crippen LogP contribution in [0.1, 0.15) is 12.6 Å². The molecule has 12 heavy (non-hydrogen) atoms. The summed E-state index contributed by atoms with van der Waals surface area (Å²) in [5.74, 6) is -1.09. The van der Waals surface area contributed by atoms with Crippen LogP contribution in [0.5, 0.6) is 0 Å². The Morgan fingerprint density at radius 1 is 1.83 bits per heavy atom. The van der Waals surface area contributed by atoms with Crippen molar-refractivity contribution < 1.29 is 9.90 Å². The molecule has 0 radical (unpaired) electrons. The molecule has 1 heterocycles. The lowest BCUT2D eigenvalue weighted by Gasteiger charge is -1.96. The summed E-state index contributed by atoms with van der Waals surface area (Å²) in [6, 6.07) is 0. The minimum absolute atomic E-state index is 0.109. The third kappa shape index (κ3) is 2.50. The van der Waals surface area contributed by atoms with E-state index >= 15 is 0 Å². The molecule has 0 unspecified atom stereocenters. The van der Waals surface area contributed by atoms with Gasteiger partial charge in [-0.2, -0.15) is 0 Å². The van der Waals surface area contributed by atoms with E-state index in [1.54, 1.807) is 5.38 Å². The number of carboxylic acids is 1. The molecule has 1 aromatic rings. The monoisotopic (exact) mass is 185 g/mol. The van der Waals surface area contributed by atoms with Gasteiger partial charge in [-0.05, 0) is 6.92 Å². The van der Waals surface area contributed by atoms with Crippen LogP contribution in [0.15, 0.2) is 5.38 Å². The first-order chi connectivity index (χ1) is 5.72. The normalized spacial score (nSPS) is 9.75. The second-order valence-corrected chi connectivity index (χ2v) is 3.08. The SMILES string of the molecule is CCNc1nc(CC(=O)[O-])cs1. The van der Waals surface area contributed by atoms with Crippen molar-refractivity contribution in [3.05, 3.63) is 11.1 Å². The molecule has 0 bridgehead atoms. The number of anilines is 1. The maximum absolute atomic E-state index is 10.2. The number of hydrogen-bond donors (Lipinski definition) is 1. The largest absolute Gasteiger partial charge is 0.550 e. The Bertz CT molecular complexity index is 272. The fourth-order valence-electron chi connectivity index (χ4n) is 0.768. The van der Waals surface area contributed by atoms with Crippen LogP contribution in [0.3, 0.4) is 0 Å². The summed E-state index contributed by atoms with van der Waals surface area (Å²) >= 11 is 1.40. The van der Waals surface area contributed by atoms with Gasteiger partial charge in [0.15, 0.2) is 5.13 Å². The number of hydrogen-bond acceptors (Lipinski definition) is 5. The fraction of sp³-hybridized carbons (Fsp3) is 0.429. The van der Waals surface area contributed by atoms with Crippen LogP contribution in [-0.4, -0.2) is 17.5 Å². The van der Waals surface area contributed by atoms with Gasteiger partial charge in [-0.15, -0.1) is 11.3 Å². The minimum Gasteiger partial charge on any atom is -0.550 e. The van der Waals surface area contributed by atoms with Crippen molar-refractivity contribution in [2.75, 3.05) is 11.9 Å². The molecule has 0 saturated carbocycles. The van der Waals surface area contributed by atoms with E-state index in [1.165, 1.54) is 11.3 Å². The van der Waals surface area contributed by atoms with E-state index in [9.17, 15) is 9.90 Å². The highest BCUT2D eigenvalue weighted by atomic mass is 32.1. The summed E-state index contributed by atoms with van der Waals surface area (Å²) in [4.78, 5) is 14.2. The number of rotatable bonds is 4. The second kappa shape index (κ2) is 4.06. The van der Waals surface area contributed by atoms with Crippen LogP contribution in [-0.2, 0) is 11.2 Å². The van der Waals surface area contributed by atoms with Crippen LogP contribution in [0.2, 0.25) is 0 Å². The van der Waals surface area contributed by atoms with Crippen molar-refractivity contribution in [1.29, 1.82) is 0 Å². The summed E-state index contributed by atoms with van der Waals surface area (Å²) in [5, 5.41) is 15.6. The molecule has 0 aliphatic rings. The van der Waals surface area contributed by atoms with Crippen LogP contribution < -0.4 is 10.4 Å². The van der Waals surface area contributed by atoms with Gasteiger partial charge in [-0.25, -0.2) is 4.98 Å². The van der Waals surface area contributed by atoms with Crippen LogP contribution in [0.25, 0.3) is 0 Å². The third-order valence-corrected chi connectivity index (χ3v) is 2.05. The number of nitrogens with zero attached hydrogens (tertiary/aromatic N) is 1. The maximum Gasteiger partial charge on any atom is 0.182 e. The van der Waals surface area contributed by atoms with Crippen molar-refractivity contribution in [2.45, 2.75) is 13.3 Å². The molecule has 5 heteroatoms. The number of thiazole rings is 1. The van der Waals surface area contributed by atoms with Gasteiger partial charge in [0, 0.05) is 24.3 Å². The number of carboxylic acid groups (broad SMARTS) is 1. The maximum atomic E-state index is 10.2. The van der Waals surface area contributed by atoms with E-state index in [2.05, 4.69) is 10.3 Å². The molecule has 0 aliphatic heterocycles. The molecule has 0 atom stereocenters. The number of aliphatic carboxylic acids is 1. The molecule has 4 nitrogen and oxygen atoms in total. The molecule has 0 amide bonds. The number of nitrogens with one attached hydrogen (secondary N) is 1. The van der Waals surface area contributed by atoms with Gasteiger partial charge in [0.25, 0.3) is 0 Å². The van der Waals surface area contributed by atoms with Gasteiger partial charge in [0.1, 0.15) is 0 Å². The topological polar surface area (TPSA) is 65.0 Å². The highest BCUT2D eigenvalue weighted by Crippen LogP contribution is 2.14. The van der Waals surface area contributed by atoms with E-state index in [1.807, 2.05) is 6.92 Å². The zero-order valence-corrected chi connectivity index (χ0v) is 7.48. The lowest BCUT2D eigenvalue weighted by atomic mass is 10.3. The Morgan fingerprint density at radius 3 is 3.17 bits per heavy atom. The molecule has 1 N–H and O–H groups in total. The minimum atomic E-state index is -1.09. The number of carbonyl (C=O) groups is 1. The summed E-state index contributed by atoms with van der Waals surface area (Å²) < 4.78 is 0. The van der Waals surface area contributed by atoms with E-state index in [4.69, 9.17) is 0 Å². The summed E-state index contributed by atoms with van der Waals surface area (Å²) in [6.45, 7) is 2.75. The molecule has 66 valence electrons. The van der Waals surface area contributed by atoms with E-state index in [0.717, 1.165) is 11.7 Å². The lowest BCUT2D eigenvalue weighted by Crippen LogP contribution is -2.24. The second-order valence-electron chi connectivity index (χ2n) is 2.22. The van der Waals surface area contributed by atoms with Crippen molar-refractivity contribution in [1.82, 2.24) is 4.98 Å². The molecule has 0 spiro atoms. The predicted molar refractivity (Wildman–Crippen MR) is 45.0 cm³/mol. The van der Waals surface area contributed by atoms with Crippen LogP contribution in [0, 0.1) is 0 Å². The van der Waals surface area contributed by atoms with Crippen molar-refractivity contribution in [3.63, 3.8) is 0 Å². The lowest BCUT2D eigenvalue weighted by molar-refractivity contribution is -0.304. The Balaban J connectivity index is 2.58. The van der Waals surface area contributed by atoms with Gasteiger partial charge >= 0.3 is 0 Å². The standard InChI is InChI=1S/C7H10N2O2S/c1-2-8-7-9-5(4-12-7)3-6(10)11/h4H,2-3H2,1H3,(H,8,9)(H,10,11)/p-1. The van der Waals surface area contributed by atoms with Gasteiger partial charge in [-0.3, -0.25) is 0 Å². The molecule has 0 aliphatic carbocycles. The van der Waals surface area contributed by atoms with Crippen LogP contribution >= 0.6 is 11.3 Å². The zero-order valence-electron chi connectivity index (χ0n) is 6.66. The first-order valence-corrected chi connectivity index (χ1v) is 4.48. The van der Waals surface area contributed by atoms with Gasteiger partial charge in [-0.1, -0.05) is 0 Å². The highest BCUT2D eigenvalue weighted by Gasteiger charge is 1.99. The average molecular weight is 185 g/mol. The van der Waals surface area contributed by atoms with Gasteiger partial charge < -0.3 is 15.2 Å². The number of aromatic nitrogens is 1. The van der Waals surface area contributed by atoms with Gasteiger partial charge in [0.05, 0.1) is 5.69 Å². The molecule has 1 aromatic heterocycles. The Hall–Kier alpha value is -1.10. The van der Waals surface area contributed by atoms with Crippen molar-refractivity contribution >= 4 is 22.4 Å². The predicted octanol–water partition coefficient (Wildman–Crippen LogP) is -0.133. The molecule has 0 saturated heterocycles. The molecular formula is C7H9N2O2S-. The molecular weight excluding hydrogens is 176 g/mol. The average Bonchev–Trinajstić information content (AvgIpc) is 2.36. The Morgan fingerprint density at radius 2 is 2.58 bits per heavy atom. The smallest absolute Gasteiger partial charge is 0.182 e. The van der Waals surface area contributed by atoms with Crippen molar-refractivity contribution in [3.8, 4) is 0 Å². The first kappa shape index (κ1) is 8.99. The van der Waals surface area contributed by atoms with Gasteiger partial charge in [0.2, 0.25) is 0 Å². The third-order valence-electron chi connectivity index (χ3n) is 1.21. The fourth-order valence-corrected chi connectivity index (χ4v) is 1.55. The molecule has 0 fully saturated rings. The number of carbonyl (C=O) groups excluding carboxylic acids is 1. The Labute approximate surface area is 74.3 Å². The van der Waals surface area contributed by atoms with E-state index in [-0.39, 0.29) is 6.42 Å². The highest BCUT2D eigenvalue weighted by molar-refractivity contribution is 7.13. The quantitative estimate of drug-likeness (QED) is 0.709. The molecule has 1 rings (SSSR count). The zero-order chi connectivity index (χ0) is 8.97. The summed E-state index contributed by atoms with van der Waals surface area (Å²) in [5.41, 5.74) is 0.552. The van der Waals surface area contributed by atoms with Crippen molar-refractivity contribution in [2.24, 2.45) is 0 Å². The van der Waals surface area contributed by atoms with Crippen LogP contribution in [0.4, 0.5) is 5.13 Å². The Kier molecular flexibility index (Phi) is 3.04. The summed E-state index contributed by atoms with van der Waals surface area (Å²) in [7, 11) is 0. The summed E-state index contributed by atoms with van der Waals surface area (Å²) in [6.07, 6.45) is -0.109. The first-order valence-electron chi connectivity index (χ1n) is 3.60. The van der Waals surface area contributed by atoms with E-state index in [0.29, 0.717) is 5.69 Å². The van der Waals surface area contributed by atoms with E-state index < -0.39 is 5.97 Å². The molecule has 0 aromatic carbocycles.